The molecule has 1 aliphatic carbocycles. The van der Waals surface area contributed by atoms with Crippen LogP contribution in [0.3, 0.4) is 0 Å². The second-order valence-electron chi connectivity index (χ2n) is 7.24. The van der Waals surface area contributed by atoms with Crippen LogP contribution in [0.1, 0.15) is 44.6 Å². The molecule has 1 aromatic heterocycles. The van der Waals surface area contributed by atoms with Crippen molar-refractivity contribution in [3.05, 3.63) is 23.8 Å². The van der Waals surface area contributed by atoms with Gasteiger partial charge in [0.25, 0.3) is 0 Å². The minimum Gasteiger partial charge on any atom is -0.454 e. The molecule has 0 bridgehead atoms. The van der Waals surface area contributed by atoms with E-state index in [1.807, 2.05) is 30.0 Å². The minimum absolute atomic E-state index is 0.0900. The van der Waals surface area contributed by atoms with Crippen LogP contribution >= 0.6 is 23.1 Å². The Kier molecular flexibility index (Phi) is 6.76. The lowest BCUT2D eigenvalue weighted by Crippen LogP contribution is -2.31. The molecule has 0 atom stereocenters. The van der Waals surface area contributed by atoms with Crippen LogP contribution in [0.25, 0.3) is 0 Å². The molecule has 4 rings (SSSR count). The van der Waals surface area contributed by atoms with E-state index >= 15 is 0 Å². The number of nitrogens with zero attached hydrogens (tertiary/aromatic N) is 3. The monoisotopic (exact) mass is 434 g/mol. The Bertz CT molecular complexity index is 839. The summed E-state index contributed by atoms with van der Waals surface area (Å²) in [6, 6.07) is 6.32. The molecule has 156 valence electrons. The van der Waals surface area contributed by atoms with Gasteiger partial charge in [0.2, 0.25) is 17.8 Å². The van der Waals surface area contributed by atoms with Crippen molar-refractivity contribution < 1.29 is 14.3 Å². The number of benzene rings is 1. The van der Waals surface area contributed by atoms with Gasteiger partial charge in [0.15, 0.2) is 15.8 Å². The van der Waals surface area contributed by atoms with E-state index in [-0.39, 0.29) is 12.7 Å². The summed E-state index contributed by atoms with van der Waals surface area (Å²) in [4.78, 5) is 14.5. The quantitative estimate of drug-likeness (QED) is 0.625. The van der Waals surface area contributed by atoms with Crippen LogP contribution in [-0.2, 0) is 11.3 Å². The fourth-order valence-electron chi connectivity index (χ4n) is 3.60. The summed E-state index contributed by atoms with van der Waals surface area (Å²) in [6.07, 6.45) is 6.29. The molecule has 2 aliphatic rings. The number of thioether (sulfide) groups is 1. The second-order valence-corrected chi connectivity index (χ2v) is 9.44. The van der Waals surface area contributed by atoms with Crippen LogP contribution in [0, 0.1) is 0 Å². The maximum atomic E-state index is 12.7. The van der Waals surface area contributed by atoms with Crippen LogP contribution in [0.5, 0.6) is 11.5 Å². The summed E-state index contributed by atoms with van der Waals surface area (Å²) in [5, 5.41) is 12.8. The van der Waals surface area contributed by atoms with Crippen molar-refractivity contribution in [2.75, 3.05) is 24.4 Å². The smallest absolute Gasteiger partial charge is 0.233 e. The molecule has 2 heterocycles. The first-order valence-corrected chi connectivity index (χ1v) is 11.9. The number of fused-ring (bicyclic) bond motifs is 1. The Labute approximate surface area is 179 Å². The Morgan fingerprint density at radius 1 is 1.24 bits per heavy atom. The molecule has 0 unspecified atom stereocenters. The number of amides is 1. The van der Waals surface area contributed by atoms with E-state index in [1.165, 1.54) is 55.2 Å². The molecule has 2 aromatic rings. The fraction of sp³-hybridized carbons (Fsp3) is 0.550. The summed E-state index contributed by atoms with van der Waals surface area (Å²) in [5.74, 6) is 1.95. The average molecular weight is 435 g/mol. The van der Waals surface area contributed by atoms with E-state index < -0.39 is 0 Å². The van der Waals surface area contributed by atoms with E-state index in [2.05, 4.69) is 15.5 Å². The summed E-state index contributed by atoms with van der Waals surface area (Å²) in [5.41, 5.74) is 1.03. The maximum absolute atomic E-state index is 12.7. The van der Waals surface area contributed by atoms with E-state index in [1.54, 1.807) is 0 Å². The van der Waals surface area contributed by atoms with Gasteiger partial charge in [-0.15, -0.1) is 10.2 Å². The van der Waals surface area contributed by atoms with Gasteiger partial charge in [-0.25, -0.2) is 0 Å². The largest absolute Gasteiger partial charge is 0.454 e. The van der Waals surface area contributed by atoms with E-state index in [0.29, 0.717) is 24.9 Å². The van der Waals surface area contributed by atoms with Crippen molar-refractivity contribution in [1.82, 2.24) is 15.1 Å². The van der Waals surface area contributed by atoms with Crippen LogP contribution < -0.4 is 14.8 Å². The zero-order valence-electron chi connectivity index (χ0n) is 16.6. The molecule has 1 N–H and O–H groups in total. The summed E-state index contributed by atoms with van der Waals surface area (Å²) in [6.45, 7) is 3.45. The van der Waals surface area contributed by atoms with Crippen molar-refractivity contribution in [1.29, 1.82) is 0 Å². The number of ether oxygens (including phenoxy) is 2. The van der Waals surface area contributed by atoms with Gasteiger partial charge < -0.3 is 19.7 Å². The Balaban J connectivity index is 1.27. The van der Waals surface area contributed by atoms with Crippen LogP contribution in [0.2, 0.25) is 0 Å². The molecule has 0 saturated heterocycles. The van der Waals surface area contributed by atoms with Crippen LogP contribution in [-0.4, -0.2) is 46.1 Å². The average Bonchev–Trinajstić information content (AvgIpc) is 3.40. The summed E-state index contributed by atoms with van der Waals surface area (Å²) < 4.78 is 11.6. The highest BCUT2D eigenvalue weighted by molar-refractivity contribution is 8.01. The minimum atomic E-state index is 0.0900. The predicted molar refractivity (Wildman–Crippen MR) is 115 cm³/mol. The van der Waals surface area contributed by atoms with Gasteiger partial charge in [0.1, 0.15) is 0 Å². The number of anilines is 1. The first-order chi connectivity index (χ1) is 14.2. The van der Waals surface area contributed by atoms with Crippen molar-refractivity contribution in [2.24, 2.45) is 0 Å². The number of hydrogen-bond donors (Lipinski definition) is 1. The van der Waals surface area contributed by atoms with Crippen molar-refractivity contribution in [2.45, 2.75) is 56.0 Å². The third-order valence-electron chi connectivity index (χ3n) is 5.20. The van der Waals surface area contributed by atoms with Gasteiger partial charge in [-0.1, -0.05) is 48.4 Å². The van der Waals surface area contributed by atoms with E-state index in [4.69, 9.17) is 9.47 Å². The van der Waals surface area contributed by atoms with Gasteiger partial charge in [0, 0.05) is 19.1 Å². The normalized spacial score (nSPS) is 16.0. The van der Waals surface area contributed by atoms with Crippen molar-refractivity contribution in [3.63, 3.8) is 0 Å². The van der Waals surface area contributed by atoms with E-state index in [0.717, 1.165) is 26.5 Å². The molecule has 1 saturated carbocycles. The maximum Gasteiger partial charge on any atom is 0.233 e. The Hall–Kier alpha value is -2.00. The number of nitrogens with one attached hydrogen (secondary N) is 1. The third-order valence-corrected chi connectivity index (χ3v) is 7.18. The molecule has 1 amide bonds. The number of rotatable bonds is 8. The highest BCUT2D eigenvalue weighted by atomic mass is 32.2. The third kappa shape index (κ3) is 5.33. The lowest BCUT2D eigenvalue weighted by Gasteiger charge is -2.21. The van der Waals surface area contributed by atoms with Crippen LogP contribution in [0.4, 0.5) is 5.13 Å². The number of aromatic nitrogens is 2. The molecule has 9 heteroatoms. The number of carbonyl (C=O) groups is 1. The second kappa shape index (κ2) is 9.67. The molecule has 1 aromatic carbocycles. The molecule has 7 nitrogen and oxygen atoms in total. The molecule has 0 spiro atoms. The van der Waals surface area contributed by atoms with Gasteiger partial charge in [-0.05, 0) is 37.5 Å². The summed E-state index contributed by atoms with van der Waals surface area (Å²) >= 11 is 2.99. The number of hydrogen-bond acceptors (Lipinski definition) is 8. The topological polar surface area (TPSA) is 76.6 Å². The molecular weight excluding hydrogens is 408 g/mol. The molecule has 0 radical (unpaired) electrons. The molecule has 1 aliphatic heterocycles. The zero-order valence-corrected chi connectivity index (χ0v) is 18.2. The Morgan fingerprint density at radius 2 is 2.07 bits per heavy atom. The van der Waals surface area contributed by atoms with Crippen molar-refractivity contribution in [3.8, 4) is 11.5 Å². The standard InChI is InChI=1S/C20H26N4O3S2/c1-2-24(11-14-8-9-16-17(10-14)27-13-26-16)18(25)12-28-20-23-22-19(29-20)21-15-6-4-3-5-7-15/h8-10,15H,2-7,11-13H2,1H3,(H,21,22). The van der Waals surface area contributed by atoms with E-state index in [9.17, 15) is 4.79 Å². The summed E-state index contributed by atoms with van der Waals surface area (Å²) in [7, 11) is 0. The van der Waals surface area contributed by atoms with Crippen molar-refractivity contribution >= 4 is 34.1 Å². The Morgan fingerprint density at radius 3 is 2.90 bits per heavy atom. The zero-order chi connectivity index (χ0) is 20.1. The highest BCUT2D eigenvalue weighted by Gasteiger charge is 2.19. The molecule has 29 heavy (non-hydrogen) atoms. The molecule has 1 fully saturated rings. The SMILES string of the molecule is CCN(Cc1ccc2c(c1)OCO2)C(=O)CSc1nnc(NC2CCCCC2)s1. The first-order valence-electron chi connectivity index (χ1n) is 10.1. The predicted octanol–water partition coefficient (Wildman–Crippen LogP) is 4.15. The number of carbonyl (C=O) groups excluding carboxylic acids is 1. The lowest BCUT2D eigenvalue weighted by atomic mass is 9.96. The fourth-order valence-corrected chi connectivity index (χ4v) is 5.33. The first kappa shape index (κ1) is 20.3. The van der Waals surface area contributed by atoms with Gasteiger partial charge in [0.05, 0.1) is 5.75 Å². The van der Waals surface area contributed by atoms with Gasteiger partial charge >= 0.3 is 0 Å². The molecular formula is C20H26N4O3S2. The van der Waals surface area contributed by atoms with Gasteiger partial charge in [-0.2, -0.15) is 0 Å². The van der Waals surface area contributed by atoms with Gasteiger partial charge in [-0.3, -0.25) is 4.79 Å². The lowest BCUT2D eigenvalue weighted by molar-refractivity contribution is -0.128. The highest BCUT2D eigenvalue weighted by Crippen LogP contribution is 2.33. The van der Waals surface area contributed by atoms with Crippen LogP contribution in [0.15, 0.2) is 22.5 Å².